The molecule has 0 bridgehead atoms. The Bertz CT molecular complexity index is 800. The zero-order chi connectivity index (χ0) is 18.9. The number of anilines is 1. The summed E-state index contributed by atoms with van der Waals surface area (Å²) in [4.78, 5) is 21.9. The lowest BCUT2D eigenvalue weighted by Gasteiger charge is -2.12. The van der Waals surface area contributed by atoms with Crippen molar-refractivity contribution in [1.82, 2.24) is 0 Å². The van der Waals surface area contributed by atoms with Gasteiger partial charge >= 0.3 is 0 Å². The predicted molar refractivity (Wildman–Crippen MR) is 98.9 cm³/mol. The predicted octanol–water partition coefficient (Wildman–Crippen LogP) is 3.66. The molecule has 0 saturated carbocycles. The summed E-state index contributed by atoms with van der Waals surface area (Å²) in [6.07, 6.45) is 2.21. The van der Waals surface area contributed by atoms with E-state index in [1.807, 2.05) is 38.1 Å². The normalized spacial score (nSPS) is 10.5. The Balaban J connectivity index is 2.01. The summed E-state index contributed by atoms with van der Waals surface area (Å²) < 4.78 is 11.0. The van der Waals surface area contributed by atoms with Gasteiger partial charge in [0.2, 0.25) is 6.20 Å². The molecule has 0 saturated heterocycles. The minimum Gasteiger partial charge on any atom is -0.490 e. The average Bonchev–Trinajstić information content (AvgIpc) is 2.61. The molecule has 136 valence electrons. The molecule has 0 unspecified atom stereocenters. The first-order valence-electron chi connectivity index (χ1n) is 8.06. The number of ether oxygens (including phenoxy) is 2. The molecule has 26 heavy (non-hydrogen) atoms. The second-order valence-electron chi connectivity index (χ2n) is 5.44. The Labute approximate surface area is 151 Å². The first-order chi connectivity index (χ1) is 12.5. The fraction of sp³-hybridized carbons (Fsp3) is 0.211. The molecule has 7 heteroatoms. The van der Waals surface area contributed by atoms with E-state index in [0.717, 1.165) is 11.8 Å². The molecule has 0 aliphatic carbocycles. The van der Waals surface area contributed by atoms with E-state index in [9.17, 15) is 14.9 Å². The number of rotatable bonds is 8. The van der Waals surface area contributed by atoms with Gasteiger partial charge in [0.05, 0.1) is 11.5 Å². The molecule has 2 aromatic rings. The van der Waals surface area contributed by atoms with Crippen LogP contribution >= 0.6 is 0 Å². The zero-order valence-corrected chi connectivity index (χ0v) is 14.6. The minimum atomic E-state index is -0.541. The van der Waals surface area contributed by atoms with Gasteiger partial charge < -0.3 is 14.8 Å². The van der Waals surface area contributed by atoms with Crippen molar-refractivity contribution in [2.75, 3.05) is 18.5 Å². The standard InChI is InChI=1S/C19H20N2O5/c1-3-25-18-12-15(10-11-21(23)24)6-9-17(18)26-13-19(22)20-16-7-4-14(2)5-8-16/h4-12H,3,13H2,1-2H3,(H,20,22). The molecule has 0 spiro atoms. The van der Waals surface area contributed by atoms with E-state index in [4.69, 9.17) is 9.47 Å². The monoisotopic (exact) mass is 356 g/mol. The van der Waals surface area contributed by atoms with E-state index in [0.29, 0.717) is 29.4 Å². The highest BCUT2D eigenvalue weighted by atomic mass is 16.6. The molecular weight excluding hydrogens is 336 g/mol. The van der Waals surface area contributed by atoms with Crippen LogP contribution in [0.1, 0.15) is 18.1 Å². The number of nitrogens with one attached hydrogen (secondary N) is 1. The van der Waals surface area contributed by atoms with Crippen LogP contribution in [0.4, 0.5) is 5.69 Å². The van der Waals surface area contributed by atoms with Gasteiger partial charge in [0.1, 0.15) is 0 Å². The number of amides is 1. The Morgan fingerprint density at radius 1 is 1.15 bits per heavy atom. The van der Waals surface area contributed by atoms with Gasteiger partial charge in [-0.1, -0.05) is 23.8 Å². The summed E-state index contributed by atoms with van der Waals surface area (Å²) in [5.74, 6) is 0.513. The van der Waals surface area contributed by atoms with E-state index in [1.165, 1.54) is 6.08 Å². The van der Waals surface area contributed by atoms with E-state index in [1.54, 1.807) is 18.2 Å². The van der Waals surface area contributed by atoms with E-state index >= 15 is 0 Å². The first kappa shape index (κ1) is 19.0. The topological polar surface area (TPSA) is 90.7 Å². The zero-order valence-electron chi connectivity index (χ0n) is 14.6. The second-order valence-corrected chi connectivity index (χ2v) is 5.44. The summed E-state index contributed by atoms with van der Waals surface area (Å²) in [5, 5.41) is 13.2. The van der Waals surface area contributed by atoms with Crippen LogP contribution in [-0.2, 0) is 4.79 Å². The van der Waals surface area contributed by atoms with Crippen molar-refractivity contribution in [3.05, 3.63) is 69.9 Å². The van der Waals surface area contributed by atoms with Crippen LogP contribution in [0.25, 0.3) is 6.08 Å². The summed E-state index contributed by atoms with van der Waals surface area (Å²) >= 11 is 0. The molecule has 0 aliphatic rings. The molecule has 1 N–H and O–H groups in total. The van der Waals surface area contributed by atoms with Crippen molar-refractivity contribution in [3.8, 4) is 11.5 Å². The molecule has 1 amide bonds. The summed E-state index contributed by atoms with van der Waals surface area (Å²) in [7, 11) is 0. The Hall–Kier alpha value is -3.35. The number of aryl methyl sites for hydroxylation is 1. The van der Waals surface area contributed by atoms with Crippen LogP contribution in [0.3, 0.4) is 0 Å². The summed E-state index contributed by atoms with van der Waals surface area (Å²) in [6.45, 7) is 3.99. The minimum absolute atomic E-state index is 0.183. The van der Waals surface area contributed by atoms with Gasteiger partial charge in [-0.25, -0.2) is 0 Å². The Kier molecular flexibility index (Phi) is 6.73. The number of carbonyl (C=O) groups excluding carboxylic acids is 1. The van der Waals surface area contributed by atoms with Gasteiger partial charge in [-0.2, -0.15) is 0 Å². The van der Waals surface area contributed by atoms with Crippen LogP contribution in [0, 0.1) is 17.0 Å². The first-order valence-corrected chi connectivity index (χ1v) is 8.06. The third-order valence-electron chi connectivity index (χ3n) is 3.35. The molecule has 0 atom stereocenters. The molecular formula is C19H20N2O5. The Morgan fingerprint density at radius 2 is 1.88 bits per heavy atom. The van der Waals surface area contributed by atoms with Crippen LogP contribution in [0.15, 0.2) is 48.7 Å². The maximum Gasteiger partial charge on any atom is 0.262 e. The van der Waals surface area contributed by atoms with E-state index in [-0.39, 0.29) is 12.5 Å². The maximum absolute atomic E-state index is 12.0. The third-order valence-corrected chi connectivity index (χ3v) is 3.35. The fourth-order valence-corrected chi connectivity index (χ4v) is 2.14. The van der Waals surface area contributed by atoms with E-state index < -0.39 is 4.92 Å². The lowest BCUT2D eigenvalue weighted by Crippen LogP contribution is -2.20. The lowest BCUT2D eigenvalue weighted by atomic mass is 10.2. The maximum atomic E-state index is 12.0. The molecule has 0 aliphatic heterocycles. The number of benzene rings is 2. The van der Waals surface area contributed by atoms with Gasteiger partial charge in [0.25, 0.3) is 5.91 Å². The van der Waals surface area contributed by atoms with Crippen LogP contribution in [0.5, 0.6) is 11.5 Å². The SMILES string of the molecule is CCOc1cc(C=C[N+](=O)[O-])ccc1OCC(=O)Nc1ccc(C)cc1. The van der Waals surface area contributed by atoms with Crippen molar-refractivity contribution in [2.24, 2.45) is 0 Å². The second kappa shape index (κ2) is 9.22. The van der Waals surface area contributed by atoms with Gasteiger partial charge in [-0.05, 0) is 43.7 Å². The highest BCUT2D eigenvalue weighted by Crippen LogP contribution is 2.29. The molecule has 2 rings (SSSR count). The van der Waals surface area contributed by atoms with Crippen molar-refractivity contribution < 1.29 is 19.2 Å². The van der Waals surface area contributed by atoms with Gasteiger partial charge in [-0.15, -0.1) is 0 Å². The highest BCUT2D eigenvalue weighted by molar-refractivity contribution is 5.91. The Morgan fingerprint density at radius 3 is 2.54 bits per heavy atom. The van der Waals surface area contributed by atoms with Crippen LogP contribution in [-0.4, -0.2) is 24.0 Å². The van der Waals surface area contributed by atoms with Gasteiger partial charge in [-0.3, -0.25) is 14.9 Å². The molecule has 7 nitrogen and oxygen atoms in total. The fourth-order valence-electron chi connectivity index (χ4n) is 2.14. The van der Waals surface area contributed by atoms with Gasteiger partial charge in [0.15, 0.2) is 18.1 Å². The quantitative estimate of drug-likeness (QED) is 0.576. The summed E-state index contributed by atoms with van der Waals surface area (Å²) in [5.41, 5.74) is 2.39. The molecule has 0 aromatic heterocycles. The molecule has 2 aromatic carbocycles. The smallest absolute Gasteiger partial charge is 0.262 e. The van der Waals surface area contributed by atoms with Crippen molar-refractivity contribution >= 4 is 17.7 Å². The number of hydrogen-bond acceptors (Lipinski definition) is 5. The molecule has 0 radical (unpaired) electrons. The van der Waals surface area contributed by atoms with Crippen LogP contribution in [0.2, 0.25) is 0 Å². The van der Waals surface area contributed by atoms with E-state index in [2.05, 4.69) is 5.32 Å². The summed E-state index contributed by atoms with van der Waals surface area (Å²) in [6, 6.07) is 12.3. The third kappa shape index (κ3) is 5.94. The van der Waals surface area contributed by atoms with Crippen molar-refractivity contribution in [1.29, 1.82) is 0 Å². The largest absolute Gasteiger partial charge is 0.490 e. The van der Waals surface area contributed by atoms with Crippen molar-refractivity contribution in [2.45, 2.75) is 13.8 Å². The highest BCUT2D eigenvalue weighted by Gasteiger charge is 2.09. The number of nitro groups is 1. The molecule has 0 fully saturated rings. The molecule has 0 heterocycles. The average molecular weight is 356 g/mol. The lowest BCUT2D eigenvalue weighted by molar-refractivity contribution is -0.400. The number of nitrogens with zero attached hydrogens (tertiary/aromatic N) is 1. The van der Waals surface area contributed by atoms with Crippen LogP contribution < -0.4 is 14.8 Å². The van der Waals surface area contributed by atoms with Gasteiger partial charge in [0, 0.05) is 11.8 Å². The van der Waals surface area contributed by atoms with Crippen molar-refractivity contribution in [3.63, 3.8) is 0 Å². The number of hydrogen-bond donors (Lipinski definition) is 1. The number of carbonyl (C=O) groups is 1.